The monoisotopic (exact) mass is 267 g/mol. The Morgan fingerprint density at radius 3 is 2.32 bits per heavy atom. The van der Waals surface area contributed by atoms with Gasteiger partial charge in [-0.3, -0.25) is 0 Å². The highest BCUT2D eigenvalue weighted by atomic mass is 16.5. The summed E-state index contributed by atoms with van der Waals surface area (Å²) in [6.45, 7) is 7.12. The van der Waals surface area contributed by atoms with Crippen molar-refractivity contribution < 1.29 is 14.6 Å². The molecule has 0 saturated heterocycles. The summed E-state index contributed by atoms with van der Waals surface area (Å²) in [5.74, 6) is 1.88. The summed E-state index contributed by atoms with van der Waals surface area (Å²) in [6, 6.07) is 5.71. The molecule has 0 aromatic heterocycles. The molecular formula is C15H25NO3. The molecule has 0 amide bonds. The van der Waals surface area contributed by atoms with Gasteiger partial charge in [-0.1, -0.05) is 19.9 Å². The Kier molecular flexibility index (Phi) is 5.63. The number of ether oxygens (including phenoxy) is 2. The van der Waals surface area contributed by atoms with E-state index in [4.69, 9.17) is 9.47 Å². The van der Waals surface area contributed by atoms with Gasteiger partial charge in [-0.25, -0.2) is 0 Å². The van der Waals surface area contributed by atoms with E-state index in [-0.39, 0.29) is 6.61 Å². The average Bonchev–Trinajstić information content (AvgIpc) is 2.43. The molecule has 4 heteroatoms. The van der Waals surface area contributed by atoms with Gasteiger partial charge >= 0.3 is 0 Å². The first-order valence-corrected chi connectivity index (χ1v) is 6.55. The summed E-state index contributed by atoms with van der Waals surface area (Å²) in [6.07, 6.45) is 0. The molecule has 1 aromatic rings. The van der Waals surface area contributed by atoms with Gasteiger partial charge in [0.25, 0.3) is 0 Å². The highest BCUT2D eigenvalue weighted by Gasteiger charge is 2.26. The van der Waals surface area contributed by atoms with Crippen molar-refractivity contribution in [3.8, 4) is 11.5 Å². The van der Waals surface area contributed by atoms with E-state index in [2.05, 4.69) is 19.2 Å². The van der Waals surface area contributed by atoms with Gasteiger partial charge in [0.1, 0.15) is 0 Å². The zero-order valence-electron chi connectivity index (χ0n) is 12.5. The van der Waals surface area contributed by atoms with Crippen LogP contribution in [0.2, 0.25) is 0 Å². The first-order valence-electron chi connectivity index (χ1n) is 6.55. The van der Waals surface area contributed by atoms with Crippen LogP contribution in [0.1, 0.15) is 26.3 Å². The van der Waals surface area contributed by atoms with Crippen LogP contribution >= 0.6 is 0 Å². The van der Waals surface area contributed by atoms with E-state index in [1.165, 1.54) is 0 Å². The largest absolute Gasteiger partial charge is 0.493 e. The van der Waals surface area contributed by atoms with Crippen LogP contribution in [0, 0.1) is 5.92 Å². The molecule has 0 heterocycles. The third-order valence-corrected chi connectivity index (χ3v) is 3.24. The molecule has 0 saturated carbocycles. The Bertz CT molecular complexity index is 406. The lowest BCUT2D eigenvalue weighted by molar-refractivity contribution is 0.170. The van der Waals surface area contributed by atoms with E-state index in [0.29, 0.717) is 17.4 Å². The quantitative estimate of drug-likeness (QED) is 0.795. The summed E-state index contributed by atoms with van der Waals surface area (Å²) in [7, 11) is 3.22. The van der Waals surface area contributed by atoms with Crippen LogP contribution in [0.4, 0.5) is 0 Å². The van der Waals surface area contributed by atoms with Gasteiger partial charge in [-0.15, -0.1) is 0 Å². The maximum absolute atomic E-state index is 9.71. The van der Waals surface area contributed by atoms with Crippen LogP contribution in [-0.2, 0) is 5.54 Å². The maximum Gasteiger partial charge on any atom is 0.161 e. The van der Waals surface area contributed by atoms with Crippen molar-refractivity contribution in [3.63, 3.8) is 0 Å². The van der Waals surface area contributed by atoms with Gasteiger partial charge in [0, 0.05) is 0 Å². The van der Waals surface area contributed by atoms with Crippen LogP contribution in [0.3, 0.4) is 0 Å². The van der Waals surface area contributed by atoms with E-state index in [9.17, 15) is 5.11 Å². The fourth-order valence-electron chi connectivity index (χ4n) is 1.86. The molecule has 1 atom stereocenters. The molecular weight excluding hydrogens is 242 g/mol. The third-order valence-electron chi connectivity index (χ3n) is 3.24. The number of aliphatic hydroxyl groups is 1. The number of nitrogens with one attached hydrogen (secondary N) is 1. The molecule has 0 fully saturated rings. The Hall–Kier alpha value is -1.26. The lowest BCUT2D eigenvalue weighted by atomic mass is 9.92. The lowest BCUT2D eigenvalue weighted by Crippen LogP contribution is -2.44. The Labute approximate surface area is 115 Å². The van der Waals surface area contributed by atoms with Crippen molar-refractivity contribution in [1.29, 1.82) is 0 Å². The van der Waals surface area contributed by atoms with E-state index in [0.717, 1.165) is 12.1 Å². The molecule has 0 aliphatic heterocycles. The molecule has 0 radical (unpaired) electrons. The van der Waals surface area contributed by atoms with Crippen LogP contribution in [0.25, 0.3) is 0 Å². The average molecular weight is 267 g/mol. The van der Waals surface area contributed by atoms with E-state index >= 15 is 0 Å². The van der Waals surface area contributed by atoms with Crippen molar-refractivity contribution in [1.82, 2.24) is 5.32 Å². The van der Waals surface area contributed by atoms with Crippen molar-refractivity contribution in [2.45, 2.75) is 26.3 Å². The molecule has 108 valence electrons. The normalized spacial score (nSPS) is 14.3. The molecule has 0 aliphatic rings. The van der Waals surface area contributed by atoms with Gasteiger partial charge in [0.05, 0.1) is 26.4 Å². The standard InChI is InChI=1S/C15H25NO3/c1-11(2)9-16-15(3,10-17)12-6-7-13(18-4)14(8-12)19-5/h6-8,11,16-17H,9-10H2,1-5H3. The second kappa shape index (κ2) is 6.78. The highest BCUT2D eigenvalue weighted by Crippen LogP contribution is 2.32. The molecule has 1 aromatic carbocycles. The van der Waals surface area contributed by atoms with Gasteiger partial charge in [-0.05, 0) is 37.1 Å². The summed E-state index contributed by atoms with van der Waals surface area (Å²) in [4.78, 5) is 0. The predicted molar refractivity (Wildman–Crippen MR) is 76.8 cm³/mol. The minimum absolute atomic E-state index is 0.0230. The summed E-state index contributed by atoms with van der Waals surface area (Å²) in [5, 5.41) is 13.1. The SMILES string of the molecule is COc1ccc(C(C)(CO)NCC(C)C)cc1OC. The number of benzene rings is 1. The number of hydrogen-bond acceptors (Lipinski definition) is 4. The molecule has 0 bridgehead atoms. The summed E-state index contributed by atoms with van der Waals surface area (Å²) in [5.41, 5.74) is 0.498. The minimum Gasteiger partial charge on any atom is -0.493 e. The fourth-order valence-corrected chi connectivity index (χ4v) is 1.86. The lowest BCUT2D eigenvalue weighted by Gasteiger charge is -2.31. The first kappa shape index (κ1) is 15.8. The molecule has 4 nitrogen and oxygen atoms in total. The third kappa shape index (κ3) is 3.85. The van der Waals surface area contributed by atoms with Crippen molar-refractivity contribution in [3.05, 3.63) is 23.8 Å². The second-order valence-electron chi connectivity index (χ2n) is 5.33. The van der Waals surface area contributed by atoms with Crippen LogP contribution in [-0.4, -0.2) is 32.5 Å². The Balaban J connectivity index is 3.03. The smallest absolute Gasteiger partial charge is 0.161 e. The van der Waals surface area contributed by atoms with E-state index in [1.807, 2.05) is 25.1 Å². The van der Waals surface area contributed by atoms with Crippen molar-refractivity contribution in [2.75, 3.05) is 27.4 Å². The zero-order valence-corrected chi connectivity index (χ0v) is 12.5. The molecule has 1 unspecified atom stereocenters. The minimum atomic E-state index is -0.482. The van der Waals surface area contributed by atoms with Crippen LogP contribution in [0.5, 0.6) is 11.5 Å². The molecule has 19 heavy (non-hydrogen) atoms. The van der Waals surface area contributed by atoms with Gasteiger partial charge in [0.2, 0.25) is 0 Å². The zero-order chi connectivity index (χ0) is 14.5. The van der Waals surface area contributed by atoms with Crippen molar-refractivity contribution in [2.24, 2.45) is 5.92 Å². The molecule has 2 N–H and O–H groups in total. The number of aliphatic hydroxyl groups excluding tert-OH is 1. The molecule has 0 aliphatic carbocycles. The first-order chi connectivity index (χ1) is 8.96. The molecule has 0 spiro atoms. The number of methoxy groups -OCH3 is 2. The Morgan fingerprint density at radius 2 is 1.84 bits per heavy atom. The van der Waals surface area contributed by atoms with Gasteiger partial charge in [-0.2, -0.15) is 0 Å². The molecule has 1 rings (SSSR count). The van der Waals surface area contributed by atoms with E-state index < -0.39 is 5.54 Å². The van der Waals surface area contributed by atoms with Gasteiger partial charge < -0.3 is 19.9 Å². The van der Waals surface area contributed by atoms with Crippen molar-refractivity contribution >= 4 is 0 Å². The predicted octanol–water partition coefficient (Wildman–Crippen LogP) is 2.16. The topological polar surface area (TPSA) is 50.7 Å². The van der Waals surface area contributed by atoms with Gasteiger partial charge in [0.15, 0.2) is 11.5 Å². The summed E-state index contributed by atoms with van der Waals surface area (Å²) < 4.78 is 10.5. The maximum atomic E-state index is 9.71. The highest BCUT2D eigenvalue weighted by molar-refractivity contribution is 5.45. The second-order valence-corrected chi connectivity index (χ2v) is 5.33. The number of rotatable bonds is 7. The number of hydrogen-bond donors (Lipinski definition) is 2. The van der Waals surface area contributed by atoms with E-state index in [1.54, 1.807) is 14.2 Å². The fraction of sp³-hybridized carbons (Fsp3) is 0.600. The van der Waals surface area contributed by atoms with Crippen LogP contribution in [0.15, 0.2) is 18.2 Å². The summed E-state index contributed by atoms with van der Waals surface area (Å²) >= 11 is 0. The van der Waals surface area contributed by atoms with Crippen LogP contribution < -0.4 is 14.8 Å². The Morgan fingerprint density at radius 1 is 1.21 bits per heavy atom.